The first-order chi connectivity index (χ1) is 12.2. The third-order valence-corrected chi connectivity index (χ3v) is 4.81. The van der Waals surface area contributed by atoms with Gasteiger partial charge in [-0.2, -0.15) is 0 Å². The van der Waals surface area contributed by atoms with Gasteiger partial charge in [0.25, 0.3) is 0 Å². The molecular formula is C21H26FNO2. The molecule has 1 aliphatic heterocycles. The van der Waals surface area contributed by atoms with Crippen molar-refractivity contribution >= 4 is 0 Å². The number of likely N-dealkylation sites (tertiary alicyclic amines) is 1. The van der Waals surface area contributed by atoms with E-state index in [0.717, 1.165) is 32.4 Å². The van der Waals surface area contributed by atoms with E-state index in [9.17, 15) is 9.50 Å². The standard InChI is InChI=1S/C21H26FNO2/c22-20-8-4-5-9-21(20)25-16-19(24)15-23-12-10-18(11-13-23)14-17-6-2-1-3-7-17/h1-9,18-19,24H,10-16H2/t19-/m0/s1. The van der Waals surface area contributed by atoms with E-state index in [4.69, 9.17) is 4.74 Å². The maximum atomic E-state index is 13.5. The lowest BCUT2D eigenvalue weighted by atomic mass is 9.90. The summed E-state index contributed by atoms with van der Waals surface area (Å²) < 4.78 is 18.9. The topological polar surface area (TPSA) is 32.7 Å². The first-order valence-corrected chi connectivity index (χ1v) is 9.02. The molecule has 134 valence electrons. The molecule has 3 nitrogen and oxygen atoms in total. The predicted octanol–water partition coefficient (Wildman–Crippen LogP) is 3.52. The summed E-state index contributed by atoms with van der Waals surface area (Å²) in [6, 6.07) is 16.9. The van der Waals surface area contributed by atoms with Crippen molar-refractivity contribution < 1.29 is 14.2 Å². The minimum absolute atomic E-state index is 0.116. The van der Waals surface area contributed by atoms with E-state index in [0.29, 0.717) is 12.5 Å². The number of β-amino-alcohol motifs (C(OH)–C–C–N with tert-alkyl or cyclic N) is 1. The molecule has 0 radical (unpaired) electrons. The Hall–Kier alpha value is -1.91. The van der Waals surface area contributed by atoms with Crippen molar-refractivity contribution in [3.63, 3.8) is 0 Å². The Bertz CT molecular complexity index is 641. The Morgan fingerprint density at radius 3 is 2.44 bits per heavy atom. The minimum atomic E-state index is -0.606. The van der Waals surface area contributed by atoms with E-state index < -0.39 is 11.9 Å². The van der Waals surface area contributed by atoms with Gasteiger partial charge in [0.2, 0.25) is 0 Å². The highest BCUT2D eigenvalue weighted by atomic mass is 19.1. The average Bonchev–Trinajstić information content (AvgIpc) is 2.64. The van der Waals surface area contributed by atoms with Crippen LogP contribution < -0.4 is 4.74 Å². The Kier molecular flexibility index (Phi) is 6.42. The van der Waals surface area contributed by atoms with Gasteiger partial charge in [0, 0.05) is 6.54 Å². The second-order valence-electron chi connectivity index (χ2n) is 6.83. The van der Waals surface area contributed by atoms with Gasteiger partial charge >= 0.3 is 0 Å². The van der Waals surface area contributed by atoms with Crippen molar-refractivity contribution in [2.45, 2.75) is 25.4 Å². The molecule has 1 atom stereocenters. The summed E-state index contributed by atoms with van der Waals surface area (Å²) in [5.74, 6) is 0.519. The molecule has 3 rings (SSSR count). The van der Waals surface area contributed by atoms with Gasteiger partial charge in [0.1, 0.15) is 12.7 Å². The molecule has 2 aromatic carbocycles. The van der Waals surface area contributed by atoms with E-state index in [-0.39, 0.29) is 12.4 Å². The van der Waals surface area contributed by atoms with Gasteiger partial charge < -0.3 is 14.7 Å². The van der Waals surface area contributed by atoms with Crippen molar-refractivity contribution in [1.82, 2.24) is 4.90 Å². The van der Waals surface area contributed by atoms with Crippen molar-refractivity contribution in [2.75, 3.05) is 26.2 Å². The third-order valence-electron chi connectivity index (χ3n) is 4.81. The highest BCUT2D eigenvalue weighted by Crippen LogP contribution is 2.22. The zero-order chi connectivity index (χ0) is 17.5. The van der Waals surface area contributed by atoms with Gasteiger partial charge in [0.15, 0.2) is 11.6 Å². The number of hydrogen-bond donors (Lipinski definition) is 1. The summed E-state index contributed by atoms with van der Waals surface area (Å²) >= 11 is 0. The van der Waals surface area contributed by atoms with Crippen molar-refractivity contribution in [3.8, 4) is 5.75 Å². The molecule has 1 heterocycles. The monoisotopic (exact) mass is 343 g/mol. The molecule has 2 aromatic rings. The fourth-order valence-corrected chi connectivity index (χ4v) is 3.42. The van der Waals surface area contributed by atoms with Crippen LogP contribution in [0.4, 0.5) is 4.39 Å². The van der Waals surface area contributed by atoms with Gasteiger partial charge in [-0.1, -0.05) is 42.5 Å². The number of ether oxygens (including phenoxy) is 1. The zero-order valence-corrected chi connectivity index (χ0v) is 14.5. The molecule has 1 fully saturated rings. The van der Waals surface area contributed by atoms with E-state index in [1.807, 2.05) is 0 Å². The lowest BCUT2D eigenvalue weighted by Crippen LogP contribution is -2.41. The molecule has 0 spiro atoms. The number of para-hydroxylation sites is 1. The van der Waals surface area contributed by atoms with Gasteiger partial charge in [-0.05, 0) is 56.0 Å². The molecule has 1 saturated heterocycles. The lowest BCUT2D eigenvalue weighted by Gasteiger charge is -2.33. The van der Waals surface area contributed by atoms with Crippen molar-refractivity contribution in [2.24, 2.45) is 5.92 Å². The molecule has 1 aliphatic rings. The predicted molar refractivity (Wildman–Crippen MR) is 97.2 cm³/mol. The number of nitrogens with zero attached hydrogens (tertiary/aromatic N) is 1. The van der Waals surface area contributed by atoms with Gasteiger partial charge in [0.05, 0.1) is 0 Å². The quantitative estimate of drug-likeness (QED) is 0.835. The SMILES string of the molecule is O[C@H](COc1ccccc1F)CN1CCC(Cc2ccccc2)CC1. The number of rotatable bonds is 7. The van der Waals surface area contributed by atoms with Crippen LogP contribution in [0, 0.1) is 11.7 Å². The van der Waals surface area contributed by atoms with Crippen LogP contribution >= 0.6 is 0 Å². The number of hydrogen-bond acceptors (Lipinski definition) is 3. The average molecular weight is 343 g/mol. The highest BCUT2D eigenvalue weighted by Gasteiger charge is 2.21. The Labute approximate surface area is 149 Å². The molecule has 0 amide bonds. The first-order valence-electron chi connectivity index (χ1n) is 9.02. The number of halogens is 1. The van der Waals surface area contributed by atoms with Crippen LogP contribution in [0.2, 0.25) is 0 Å². The van der Waals surface area contributed by atoms with Crippen molar-refractivity contribution in [1.29, 1.82) is 0 Å². The second-order valence-corrected chi connectivity index (χ2v) is 6.83. The number of aliphatic hydroxyl groups excluding tert-OH is 1. The van der Waals surface area contributed by atoms with E-state index >= 15 is 0 Å². The summed E-state index contributed by atoms with van der Waals surface area (Å²) in [6.07, 6.45) is 2.82. The molecule has 1 N–H and O–H groups in total. The van der Waals surface area contributed by atoms with Gasteiger partial charge in [-0.25, -0.2) is 4.39 Å². The Balaban J connectivity index is 1.37. The lowest BCUT2D eigenvalue weighted by molar-refractivity contribution is 0.0539. The summed E-state index contributed by atoms with van der Waals surface area (Å²) in [7, 11) is 0. The van der Waals surface area contributed by atoms with E-state index in [1.165, 1.54) is 11.6 Å². The van der Waals surface area contributed by atoms with Crippen LogP contribution in [-0.2, 0) is 6.42 Å². The summed E-state index contributed by atoms with van der Waals surface area (Å²) in [4.78, 5) is 2.27. The van der Waals surface area contributed by atoms with Crippen LogP contribution in [0.15, 0.2) is 54.6 Å². The number of piperidine rings is 1. The molecule has 0 saturated carbocycles. The molecule has 4 heteroatoms. The smallest absolute Gasteiger partial charge is 0.165 e. The second kappa shape index (κ2) is 8.97. The molecule has 0 unspecified atom stereocenters. The van der Waals surface area contributed by atoms with Crippen LogP contribution in [0.3, 0.4) is 0 Å². The molecular weight excluding hydrogens is 317 g/mol. The molecule has 0 aliphatic carbocycles. The Morgan fingerprint density at radius 1 is 1.04 bits per heavy atom. The van der Waals surface area contributed by atoms with E-state index in [1.54, 1.807) is 18.2 Å². The summed E-state index contributed by atoms with van der Waals surface area (Å²) in [6.45, 7) is 2.68. The van der Waals surface area contributed by atoms with Crippen LogP contribution in [0.5, 0.6) is 5.75 Å². The zero-order valence-electron chi connectivity index (χ0n) is 14.5. The molecule has 0 bridgehead atoms. The third kappa shape index (κ3) is 5.55. The highest BCUT2D eigenvalue weighted by molar-refractivity contribution is 5.23. The van der Waals surface area contributed by atoms with Crippen LogP contribution in [0.1, 0.15) is 18.4 Å². The summed E-state index contributed by atoms with van der Waals surface area (Å²) in [5, 5.41) is 10.2. The molecule has 25 heavy (non-hydrogen) atoms. The van der Waals surface area contributed by atoms with Crippen LogP contribution in [0.25, 0.3) is 0 Å². The van der Waals surface area contributed by atoms with Gasteiger partial charge in [-0.3, -0.25) is 0 Å². The normalized spacial score (nSPS) is 17.4. The number of aliphatic hydroxyl groups is 1. The fraction of sp³-hybridized carbons (Fsp3) is 0.429. The number of benzene rings is 2. The maximum Gasteiger partial charge on any atom is 0.165 e. The minimum Gasteiger partial charge on any atom is -0.488 e. The van der Waals surface area contributed by atoms with Gasteiger partial charge in [-0.15, -0.1) is 0 Å². The fourth-order valence-electron chi connectivity index (χ4n) is 3.42. The Morgan fingerprint density at radius 2 is 1.72 bits per heavy atom. The van der Waals surface area contributed by atoms with Crippen molar-refractivity contribution in [3.05, 3.63) is 66.0 Å². The molecule has 0 aromatic heterocycles. The first kappa shape index (κ1) is 17.9. The largest absolute Gasteiger partial charge is 0.488 e. The summed E-state index contributed by atoms with van der Waals surface area (Å²) in [5.41, 5.74) is 1.40. The maximum absolute atomic E-state index is 13.5. The van der Waals surface area contributed by atoms with E-state index in [2.05, 4.69) is 35.2 Å². The van der Waals surface area contributed by atoms with Crippen LogP contribution in [-0.4, -0.2) is 42.4 Å².